The number of imidazole rings is 1. The molecule has 0 fully saturated rings. The van der Waals surface area contributed by atoms with E-state index in [1.807, 2.05) is 34.8 Å². The van der Waals surface area contributed by atoms with Crippen LogP contribution in [0, 0.1) is 0 Å². The van der Waals surface area contributed by atoms with Crippen LogP contribution in [-0.2, 0) is 0 Å². The first-order valence-electron chi connectivity index (χ1n) is 6.80. The van der Waals surface area contributed by atoms with E-state index >= 15 is 0 Å². The van der Waals surface area contributed by atoms with E-state index in [1.165, 1.54) is 0 Å². The van der Waals surface area contributed by atoms with E-state index in [0.717, 1.165) is 16.9 Å². The number of likely N-dealkylation sites (N-methyl/N-ethyl adjacent to an activating group) is 1. The first-order chi connectivity index (χ1) is 10.6. The van der Waals surface area contributed by atoms with Crippen molar-refractivity contribution in [3.8, 4) is 5.69 Å². The zero-order chi connectivity index (χ0) is 15.7. The maximum Gasteiger partial charge on any atom is 0.131 e. The Morgan fingerprint density at radius 1 is 1.32 bits per heavy atom. The molecule has 5 nitrogen and oxygen atoms in total. The number of aromatic nitrogens is 3. The Morgan fingerprint density at radius 2 is 2.14 bits per heavy atom. The van der Waals surface area contributed by atoms with Crippen LogP contribution in [0.25, 0.3) is 16.6 Å². The van der Waals surface area contributed by atoms with E-state index in [4.69, 9.17) is 28.9 Å². The van der Waals surface area contributed by atoms with Gasteiger partial charge >= 0.3 is 0 Å². The summed E-state index contributed by atoms with van der Waals surface area (Å²) < 4.78 is 1.92. The molecule has 3 rings (SSSR count). The summed E-state index contributed by atoms with van der Waals surface area (Å²) in [6, 6.07) is 5.68. The standard InChI is InChI=1S/C15H15Cl2N5/c1-21(6-4-18)13-8-12(22-7-5-19-9-22)10-2-3-11(16)14(17)15(10)20-13/h2-3,5,7-9H,4,6,18H2,1H3. The van der Waals surface area contributed by atoms with Gasteiger partial charge in [-0.25, -0.2) is 9.97 Å². The molecule has 2 N–H and O–H groups in total. The second-order valence-corrected chi connectivity index (χ2v) is 5.72. The van der Waals surface area contributed by atoms with E-state index in [-0.39, 0.29) is 0 Å². The van der Waals surface area contributed by atoms with Crippen LogP contribution < -0.4 is 10.6 Å². The highest BCUT2D eigenvalue weighted by Crippen LogP contribution is 2.34. The summed E-state index contributed by atoms with van der Waals surface area (Å²) in [6.45, 7) is 1.24. The number of anilines is 1. The molecule has 0 bridgehead atoms. The van der Waals surface area contributed by atoms with Gasteiger partial charge in [0.2, 0.25) is 0 Å². The van der Waals surface area contributed by atoms with Crippen molar-refractivity contribution in [3.05, 3.63) is 47.0 Å². The van der Waals surface area contributed by atoms with Crippen LogP contribution in [0.15, 0.2) is 36.9 Å². The third-order valence-electron chi connectivity index (χ3n) is 3.48. The number of nitrogens with zero attached hydrogens (tertiary/aromatic N) is 4. The minimum atomic E-state index is 0.448. The van der Waals surface area contributed by atoms with Crippen molar-refractivity contribution in [2.45, 2.75) is 0 Å². The smallest absolute Gasteiger partial charge is 0.131 e. The van der Waals surface area contributed by atoms with E-state index in [2.05, 4.69) is 9.97 Å². The summed E-state index contributed by atoms with van der Waals surface area (Å²) in [6.07, 6.45) is 5.35. The van der Waals surface area contributed by atoms with Crippen molar-refractivity contribution in [1.82, 2.24) is 14.5 Å². The van der Waals surface area contributed by atoms with Crippen LogP contribution in [-0.4, -0.2) is 34.7 Å². The molecule has 2 aromatic heterocycles. The SMILES string of the molecule is CN(CCN)c1cc(-n2ccnc2)c2ccc(Cl)c(Cl)c2n1. The molecule has 3 aromatic rings. The number of hydrogen-bond donors (Lipinski definition) is 1. The predicted octanol–water partition coefficient (Wildman–Crippen LogP) is 3.12. The third kappa shape index (κ3) is 2.63. The second kappa shape index (κ2) is 6.12. The van der Waals surface area contributed by atoms with Gasteiger partial charge in [0.1, 0.15) is 5.82 Å². The number of halogens is 2. The molecular weight excluding hydrogens is 321 g/mol. The number of rotatable bonds is 4. The van der Waals surface area contributed by atoms with Gasteiger partial charge in [-0.2, -0.15) is 0 Å². The van der Waals surface area contributed by atoms with Gasteiger partial charge in [0.15, 0.2) is 0 Å². The quantitative estimate of drug-likeness (QED) is 0.795. The molecule has 0 aliphatic rings. The lowest BCUT2D eigenvalue weighted by molar-refractivity contribution is 0.870. The molecule has 0 aliphatic carbocycles. The maximum absolute atomic E-state index is 6.35. The lowest BCUT2D eigenvalue weighted by Crippen LogP contribution is -2.26. The molecule has 0 saturated heterocycles. The molecule has 0 atom stereocenters. The molecule has 0 amide bonds. The topological polar surface area (TPSA) is 60.0 Å². The van der Waals surface area contributed by atoms with Gasteiger partial charge < -0.3 is 15.2 Å². The van der Waals surface area contributed by atoms with Crippen LogP contribution in [0.1, 0.15) is 0 Å². The van der Waals surface area contributed by atoms with Gasteiger partial charge in [0.05, 0.1) is 27.6 Å². The largest absolute Gasteiger partial charge is 0.358 e. The van der Waals surface area contributed by atoms with E-state index < -0.39 is 0 Å². The average Bonchev–Trinajstić information content (AvgIpc) is 3.04. The molecular formula is C15H15Cl2N5. The molecule has 22 heavy (non-hydrogen) atoms. The summed E-state index contributed by atoms with van der Waals surface area (Å²) in [7, 11) is 1.94. The number of benzene rings is 1. The van der Waals surface area contributed by atoms with Crippen molar-refractivity contribution < 1.29 is 0 Å². The van der Waals surface area contributed by atoms with Crippen molar-refractivity contribution in [2.75, 3.05) is 25.0 Å². The highest BCUT2D eigenvalue weighted by Gasteiger charge is 2.14. The summed E-state index contributed by atoms with van der Waals surface area (Å²) in [5, 5.41) is 1.85. The molecule has 0 unspecified atom stereocenters. The molecule has 1 aromatic carbocycles. The van der Waals surface area contributed by atoms with Crippen molar-refractivity contribution >= 4 is 39.9 Å². The Balaban J connectivity index is 2.29. The first kappa shape index (κ1) is 15.1. The minimum Gasteiger partial charge on any atom is -0.358 e. The molecule has 2 heterocycles. The van der Waals surface area contributed by atoms with Crippen LogP contribution in [0.2, 0.25) is 10.0 Å². The maximum atomic E-state index is 6.35. The van der Waals surface area contributed by atoms with Gasteiger partial charge in [-0.15, -0.1) is 0 Å². The highest BCUT2D eigenvalue weighted by atomic mass is 35.5. The fourth-order valence-electron chi connectivity index (χ4n) is 2.32. The van der Waals surface area contributed by atoms with Gasteiger partial charge in [-0.05, 0) is 12.1 Å². The fraction of sp³-hybridized carbons (Fsp3) is 0.200. The summed E-state index contributed by atoms with van der Waals surface area (Å²) >= 11 is 12.5. The second-order valence-electron chi connectivity index (χ2n) is 4.94. The Labute approximate surface area is 138 Å². The Kier molecular flexibility index (Phi) is 4.20. The summed E-state index contributed by atoms with van der Waals surface area (Å²) in [5.41, 5.74) is 7.24. The summed E-state index contributed by atoms with van der Waals surface area (Å²) in [4.78, 5) is 10.7. The van der Waals surface area contributed by atoms with Gasteiger partial charge in [0, 0.05) is 44.0 Å². The van der Waals surface area contributed by atoms with Crippen molar-refractivity contribution in [2.24, 2.45) is 5.73 Å². The minimum absolute atomic E-state index is 0.448. The zero-order valence-electron chi connectivity index (χ0n) is 12.0. The monoisotopic (exact) mass is 335 g/mol. The Hall–Kier alpha value is -1.82. The number of fused-ring (bicyclic) bond motifs is 1. The zero-order valence-corrected chi connectivity index (χ0v) is 13.5. The molecule has 0 spiro atoms. The molecule has 0 aliphatic heterocycles. The lowest BCUT2D eigenvalue weighted by atomic mass is 10.1. The van der Waals surface area contributed by atoms with E-state index in [9.17, 15) is 0 Å². The van der Waals surface area contributed by atoms with Gasteiger partial charge in [-0.1, -0.05) is 23.2 Å². The van der Waals surface area contributed by atoms with Gasteiger partial charge in [0.25, 0.3) is 0 Å². The highest BCUT2D eigenvalue weighted by molar-refractivity contribution is 6.45. The van der Waals surface area contributed by atoms with Crippen LogP contribution in [0.5, 0.6) is 0 Å². The summed E-state index contributed by atoms with van der Waals surface area (Å²) in [5.74, 6) is 0.783. The fourth-order valence-corrected chi connectivity index (χ4v) is 2.68. The van der Waals surface area contributed by atoms with Crippen LogP contribution in [0.3, 0.4) is 0 Å². The predicted molar refractivity (Wildman–Crippen MR) is 91.2 cm³/mol. The molecule has 114 valence electrons. The first-order valence-corrected chi connectivity index (χ1v) is 7.55. The van der Waals surface area contributed by atoms with Crippen molar-refractivity contribution in [3.63, 3.8) is 0 Å². The lowest BCUT2D eigenvalue weighted by Gasteiger charge is -2.20. The average molecular weight is 336 g/mol. The number of pyridine rings is 1. The van der Waals surface area contributed by atoms with Crippen LogP contribution in [0.4, 0.5) is 5.82 Å². The molecule has 7 heteroatoms. The Morgan fingerprint density at radius 3 is 2.82 bits per heavy atom. The van der Waals surface area contributed by atoms with Crippen molar-refractivity contribution in [1.29, 1.82) is 0 Å². The van der Waals surface area contributed by atoms with E-state index in [1.54, 1.807) is 18.6 Å². The number of hydrogen-bond acceptors (Lipinski definition) is 4. The van der Waals surface area contributed by atoms with Crippen LogP contribution >= 0.6 is 23.2 Å². The number of nitrogens with two attached hydrogens (primary N) is 1. The Bertz CT molecular complexity index is 801. The molecule has 0 saturated carbocycles. The van der Waals surface area contributed by atoms with Gasteiger partial charge in [-0.3, -0.25) is 0 Å². The normalized spacial score (nSPS) is 11.1. The van der Waals surface area contributed by atoms with E-state index in [0.29, 0.717) is 28.7 Å². The third-order valence-corrected chi connectivity index (χ3v) is 4.27. The molecule has 0 radical (unpaired) electrons.